The highest BCUT2D eigenvalue weighted by atomic mass is 19.1. The van der Waals surface area contributed by atoms with Gasteiger partial charge in [-0.3, -0.25) is 9.59 Å². The number of rotatable bonds is 4. The number of benzene rings is 2. The van der Waals surface area contributed by atoms with Crippen LogP contribution in [0.2, 0.25) is 0 Å². The minimum atomic E-state index is -1.46. The molecule has 0 aliphatic carbocycles. The zero-order valence-electron chi connectivity index (χ0n) is 23.2. The predicted octanol–water partition coefficient (Wildman–Crippen LogP) is 4.45. The fourth-order valence-corrected chi connectivity index (χ4v) is 5.32. The Morgan fingerprint density at radius 3 is 2.63 bits per heavy atom. The van der Waals surface area contributed by atoms with Gasteiger partial charge in [-0.25, -0.2) is 27.9 Å². The zero-order valence-corrected chi connectivity index (χ0v) is 23.2. The molecule has 1 aliphatic heterocycles. The molecule has 0 radical (unpaired) electrons. The van der Waals surface area contributed by atoms with Crippen molar-refractivity contribution in [3.05, 3.63) is 92.0 Å². The summed E-state index contributed by atoms with van der Waals surface area (Å²) in [7, 11) is 0. The molecular weight excluding hydrogens is 566 g/mol. The van der Waals surface area contributed by atoms with Crippen LogP contribution in [-0.2, 0) is 17.7 Å². The van der Waals surface area contributed by atoms with Gasteiger partial charge in [-0.2, -0.15) is 0 Å². The highest BCUT2D eigenvalue weighted by Crippen LogP contribution is 2.44. The Morgan fingerprint density at radius 1 is 1.16 bits per heavy atom. The number of carbonyl (C=O) groups excluding carboxylic acids is 1. The molecule has 0 saturated heterocycles. The van der Waals surface area contributed by atoms with Gasteiger partial charge in [-0.1, -0.05) is 0 Å². The van der Waals surface area contributed by atoms with E-state index in [2.05, 4.69) is 9.97 Å². The lowest BCUT2D eigenvalue weighted by atomic mass is 10.00. The summed E-state index contributed by atoms with van der Waals surface area (Å²) in [5, 5.41) is 10.5. The van der Waals surface area contributed by atoms with Crippen molar-refractivity contribution < 1.29 is 33.0 Å². The molecule has 0 saturated carbocycles. The van der Waals surface area contributed by atoms with Gasteiger partial charge in [-0.05, 0) is 45.0 Å². The van der Waals surface area contributed by atoms with E-state index in [1.807, 2.05) is 0 Å². The van der Waals surface area contributed by atoms with Crippen molar-refractivity contribution in [2.45, 2.75) is 39.3 Å². The smallest absolute Gasteiger partial charge is 0.422 e. The molecule has 0 atom stereocenters. The summed E-state index contributed by atoms with van der Waals surface area (Å²) in [6, 6.07) is 6.22. The number of aromatic nitrogens is 4. The number of carbonyl (C=O) groups is 2. The maximum atomic E-state index is 15.5. The maximum absolute atomic E-state index is 15.5. The average molecular weight is 591 g/mol. The lowest BCUT2D eigenvalue weighted by molar-refractivity contribution is 0.0529. The number of nitrogens with zero attached hydrogens (tertiary/aromatic N) is 3. The molecule has 11 nitrogen and oxygen atoms in total. The second-order valence-corrected chi connectivity index (χ2v) is 11.0. The van der Waals surface area contributed by atoms with E-state index in [0.29, 0.717) is 4.57 Å². The summed E-state index contributed by atoms with van der Waals surface area (Å²) in [5.41, 5.74) is -2.67. The summed E-state index contributed by atoms with van der Waals surface area (Å²) in [6.07, 6.45) is 1.58. The van der Waals surface area contributed by atoms with Crippen molar-refractivity contribution in [1.82, 2.24) is 19.1 Å². The van der Waals surface area contributed by atoms with E-state index in [4.69, 9.17) is 9.47 Å². The quantitative estimate of drug-likeness (QED) is 0.312. The number of hydrogen-bond acceptors (Lipinski definition) is 7. The van der Waals surface area contributed by atoms with E-state index < -0.39 is 52.7 Å². The van der Waals surface area contributed by atoms with E-state index in [9.17, 15) is 24.3 Å². The number of nitrogens with one attached hydrogen (secondary N) is 1. The minimum Gasteiger partial charge on any atom is -0.492 e. The average Bonchev–Trinajstić information content (AvgIpc) is 3.53. The van der Waals surface area contributed by atoms with E-state index in [1.54, 1.807) is 20.8 Å². The number of pyridine rings is 1. The Bertz CT molecular complexity index is 2120. The van der Waals surface area contributed by atoms with Crippen LogP contribution in [-0.4, -0.2) is 48.5 Å². The first-order valence-electron chi connectivity index (χ1n) is 13.2. The molecule has 0 bridgehead atoms. The molecular formula is C30H24F2N4O7. The molecule has 2 aromatic carbocycles. The van der Waals surface area contributed by atoms with E-state index in [1.165, 1.54) is 18.3 Å². The van der Waals surface area contributed by atoms with Crippen LogP contribution in [0.1, 0.15) is 42.4 Å². The summed E-state index contributed by atoms with van der Waals surface area (Å²) >= 11 is 0. The van der Waals surface area contributed by atoms with Gasteiger partial charge in [-0.15, -0.1) is 0 Å². The minimum absolute atomic E-state index is 0.00334. The Balaban J connectivity index is 1.61. The van der Waals surface area contributed by atoms with Crippen LogP contribution >= 0.6 is 0 Å². The second-order valence-electron chi connectivity index (χ2n) is 11.0. The number of halogens is 2. The van der Waals surface area contributed by atoms with Crippen LogP contribution in [0.25, 0.3) is 32.9 Å². The Morgan fingerprint density at radius 2 is 1.93 bits per heavy atom. The first kappa shape index (κ1) is 27.8. The highest BCUT2D eigenvalue weighted by Gasteiger charge is 2.32. The molecule has 5 aromatic rings. The third-order valence-corrected chi connectivity index (χ3v) is 7.09. The number of aromatic carboxylic acids is 1. The first-order chi connectivity index (χ1) is 20.4. The first-order valence-corrected chi connectivity index (χ1v) is 13.2. The Kier molecular flexibility index (Phi) is 6.40. The van der Waals surface area contributed by atoms with E-state index in [0.717, 1.165) is 29.1 Å². The molecule has 0 amide bonds. The summed E-state index contributed by atoms with van der Waals surface area (Å²) in [6.45, 7) is 4.55. The van der Waals surface area contributed by atoms with Gasteiger partial charge in [0.2, 0.25) is 0 Å². The Hall–Kier alpha value is -5.33. The fraction of sp³-hybridized carbons (Fsp3) is 0.233. The topological polar surface area (TPSA) is 146 Å². The normalized spacial score (nSPS) is 12.9. The molecule has 4 heterocycles. The number of hydrogen-bond donors (Lipinski definition) is 2. The largest absolute Gasteiger partial charge is 0.492 e. The van der Waals surface area contributed by atoms with Crippen molar-refractivity contribution in [3.8, 4) is 16.9 Å². The van der Waals surface area contributed by atoms with Gasteiger partial charge >= 0.3 is 12.1 Å². The molecule has 43 heavy (non-hydrogen) atoms. The number of ether oxygens (including phenoxy) is 2. The number of fused-ring (bicyclic) bond motifs is 4. The highest BCUT2D eigenvalue weighted by molar-refractivity contribution is 6.11. The monoisotopic (exact) mass is 590 g/mol. The van der Waals surface area contributed by atoms with Crippen LogP contribution < -0.4 is 15.9 Å². The van der Waals surface area contributed by atoms with Gasteiger partial charge in [0.1, 0.15) is 35.0 Å². The van der Waals surface area contributed by atoms with Crippen LogP contribution in [0.4, 0.5) is 13.6 Å². The third kappa shape index (κ3) is 4.62. The lowest BCUT2D eigenvalue weighted by Gasteiger charge is -2.19. The van der Waals surface area contributed by atoms with Crippen molar-refractivity contribution in [2.24, 2.45) is 0 Å². The number of carboxylic acids is 1. The van der Waals surface area contributed by atoms with Crippen LogP contribution in [0, 0.1) is 11.6 Å². The molecule has 3 aromatic heterocycles. The Labute approximate surface area is 240 Å². The van der Waals surface area contributed by atoms with Crippen LogP contribution in [0.5, 0.6) is 5.75 Å². The van der Waals surface area contributed by atoms with Crippen molar-refractivity contribution in [1.29, 1.82) is 0 Å². The molecule has 0 unspecified atom stereocenters. The zero-order chi connectivity index (χ0) is 30.8. The van der Waals surface area contributed by atoms with E-state index >= 15 is 8.78 Å². The van der Waals surface area contributed by atoms with Gasteiger partial charge in [0.05, 0.1) is 40.5 Å². The van der Waals surface area contributed by atoms with Gasteiger partial charge in [0.25, 0.3) is 11.1 Å². The van der Waals surface area contributed by atoms with Gasteiger partial charge in [0, 0.05) is 35.4 Å². The van der Waals surface area contributed by atoms with Gasteiger partial charge < -0.3 is 24.1 Å². The molecule has 220 valence electrons. The summed E-state index contributed by atoms with van der Waals surface area (Å²) in [4.78, 5) is 58.0. The van der Waals surface area contributed by atoms with Gasteiger partial charge in [0.15, 0.2) is 0 Å². The standard InChI is InChI=1S/C30H24F2N4O7/c1-30(2,3)43-29(41)36-13-34-20-10-18(31)14(9-17(20)27(36)38)12-35-21-11-19(32)15-6-8-42-25(15)23(21)22(24(35)28(39)40)16-5-4-7-33-26(16)37/h4-5,7,9-11,13H,6,8,12H2,1-3H3,(H,33,37)(H,39,40). The number of aromatic amines is 1. The molecule has 0 spiro atoms. The maximum Gasteiger partial charge on any atom is 0.422 e. The molecule has 13 heteroatoms. The fourth-order valence-electron chi connectivity index (χ4n) is 5.32. The van der Waals surface area contributed by atoms with Crippen molar-refractivity contribution in [2.75, 3.05) is 6.61 Å². The summed E-state index contributed by atoms with van der Waals surface area (Å²) in [5.74, 6) is -2.83. The SMILES string of the molecule is CC(C)(C)OC(=O)n1cnc2cc(F)c(Cn3c(C(=O)O)c(-c4ccc[nH]c4=O)c4c5c(c(F)cc43)CCO5)cc2c1=O. The van der Waals surface area contributed by atoms with Crippen molar-refractivity contribution in [3.63, 3.8) is 0 Å². The predicted molar refractivity (Wildman–Crippen MR) is 151 cm³/mol. The van der Waals surface area contributed by atoms with Crippen molar-refractivity contribution >= 4 is 33.9 Å². The molecule has 2 N–H and O–H groups in total. The third-order valence-electron chi connectivity index (χ3n) is 7.09. The summed E-state index contributed by atoms with van der Waals surface area (Å²) < 4.78 is 43.6. The second kappa shape index (κ2) is 9.89. The molecule has 6 rings (SSSR count). The lowest BCUT2D eigenvalue weighted by Crippen LogP contribution is -2.33. The molecule has 0 fully saturated rings. The van der Waals surface area contributed by atoms with E-state index in [-0.39, 0.29) is 62.8 Å². The van der Waals surface area contributed by atoms with Crippen LogP contribution in [0.3, 0.4) is 0 Å². The molecule has 1 aliphatic rings. The van der Waals surface area contributed by atoms with Crippen LogP contribution in [0.15, 0.2) is 52.4 Å². The number of H-pyrrole nitrogens is 1. The number of carboxylic acid groups (broad SMARTS) is 1.